The minimum atomic E-state index is -4.71. The van der Waals surface area contributed by atoms with E-state index in [-0.39, 0.29) is 28.7 Å². The first-order valence-electron chi connectivity index (χ1n) is 7.51. The number of hydrogen-bond donors (Lipinski definition) is 2. The Balaban J connectivity index is 2.41. The van der Waals surface area contributed by atoms with Crippen LogP contribution in [0.15, 0.2) is 23.1 Å². The van der Waals surface area contributed by atoms with Gasteiger partial charge in [-0.3, -0.25) is 4.79 Å². The van der Waals surface area contributed by atoms with Crippen molar-refractivity contribution in [2.75, 3.05) is 6.54 Å². The minimum Gasteiger partial charge on any atom is -0.481 e. The molecule has 10 heteroatoms. The zero-order valence-electron chi connectivity index (χ0n) is 13.5. The van der Waals surface area contributed by atoms with Crippen molar-refractivity contribution in [2.24, 2.45) is 5.92 Å². The zero-order valence-corrected chi connectivity index (χ0v) is 14.3. The van der Waals surface area contributed by atoms with Crippen LogP contribution in [0.5, 0.6) is 5.75 Å². The number of carbonyl (C=O) groups is 1. The number of sulfonamides is 1. The van der Waals surface area contributed by atoms with Gasteiger partial charge in [0, 0.05) is 18.5 Å². The number of benzene rings is 1. The summed E-state index contributed by atoms with van der Waals surface area (Å²) in [5.74, 6) is -3.20. The molecule has 2 unspecified atom stereocenters. The van der Waals surface area contributed by atoms with Crippen LogP contribution >= 0.6 is 0 Å². The van der Waals surface area contributed by atoms with Crippen LogP contribution in [0.3, 0.4) is 0 Å². The van der Waals surface area contributed by atoms with Crippen LogP contribution in [0.2, 0.25) is 0 Å². The van der Waals surface area contributed by atoms with Gasteiger partial charge in [-0.1, -0.05) is 13.8 Å². The molecule has 1 aliphatic heterocycles. The number of rotatable bonds is 5. The maximum atomic E-state index is 12.9. The Hall–Kier alpha value is -1.81. The van der Waals surface area contributed by atoms with E-state index in [1.54, 1.807) is 13.8 Å². The fourth-order valence-corrected chi connectivity index (χ4v) is 3.66. The number of carboxylic acids is 1. The fourth-order valence-electron chi connectivity index (χ4n) is 2.41. The predicted molar refractivity (Wildman–Crippen MR) is 81.9 cm³/mol. The maximum Gasteiger partial charge on any atom is 0.425 e. The topological polar surface area (TPSA) is 92.7 Å². The van der Waals surface area contributed by atoms with Crippen LogP contribution in [0.1, 0.15) is 31.7 Å². The summed E-state index contributed by atoms with van der Waals surface area (Å²) < 4.78 is 70.4. The number of hydrogen-bond acceptors (Lipinski definition) is 4. The molecular formula is C15H18F3NO5S. The smallest absolute Gasteiger partial charge is 0.425 e. The minimum absolute atomic E-state index is 0.0510. The van der Waals surface area contributed by atoms with E-state index >= 15 is 0 Å². The third kappa shape index (κ3) is 4.43. The van der Waals surface area contributed by atoms with E-state index in [1.807, 2.05) is 0 Å². The van der Waals surface area contributed by atoms with Crippen molar-refractivity contribution in [3.05, 3.63) is 23.8 Å². The van der Waals surface area contributed by atoms with Crippen molar-refractivity contribution in [3.63, 3.8) is 0 Å². The highest BCUT2D eigenvalue weighted by molar-refractivity contribution is 7.89. The molecule has 25 heavy (non-hydrogen) atoms. The van der Waals surface area contributed by atoms with Gasteiger partial charge in [-0.25, -0.2) is 13.1 Å². The Morgan fingerprint density at radius 3 is 2.56 bits per heavy atom. The molecule has 6 nitrogen and oxygen atoms in total. The third-order valence-electron chi connectivity index (χ3n) is 3.73. The SMILES string of the molecule is CC(C)CNS(=O)(=O)c1ccc2c(c1)C(C(=O)O)CC(C(F)(F)F)O2. The lowest BCUT2D eigenvalue weighted by molar-refractivity contribution is -0.201. The molecule has 140 valence electrons. The van der Waals surface area contributed by atoms with Crippen molar-refractivity contribution in [1.29, 1.82) is 0 Å². The number of alkyl halides is 3. The molecule has 0 aliphatic carbocycles. The van der Waals surface area contributed by atoms with Gasteiger partial charge in [0.15, 0.2) is 6.10 Å². The van der Waals surface area contributed by atoms with Crippen molar-refractivity contribution >= 4 is 16.0 Å². The predicted octanol–water partition coefficient (Wildman–Crippen LogP) is 2.50. The van der Waals surface area contributed by atoms with Crippen LogP contribution in [-0.4, -0.2) is 38.3 Å². The van der Waals surface area contributed by atoms with E-state index < -0.39 is 40.6 Å². The van der Waals surface area contributed by atoms with Crippen LogP contribution in [-0.2, 0) is 14.8 Å². The Bertz CT molecular complexity index is 761. The zero-order chi connectivity index (χ0) is 19.0. The first-order chi connectivity index (χ1) is 11.4. The Labute approximate surface area is 143 Å². The monoisotopic (exact) mass is 381 g/mol. The molecule has 1 heterocycles. The van der Waals surface area contributed by atoms with Crippen LogP contribution in [0.4, 0.5) is 13.2 Å². The number of nitrogens with one attached hydrogen (secondary N) is 1. The molecule has 0 amide bonds. The summed E-state index contributed by atoms with van der Waals surface area (Å²) in [6.45, 7) is 3.79. The molecule has 2 atom stereocenters. The molecule has 2 rings (SSSR count). The summed E-state index contributed by atoms with van der Waals surface area (Å²) in [5, 5.41) is 9.25. The Kier molecular flexibility index (Phi) is 5.33. The Morgan fingerprint density at radius 1 is 1.40 bits per heavy atom. The van der Waals surface area contributed by atoms with Crippen LogP contribution in [0.25, 0.3) is 0 Å². The molecule has 0 saturated heterocycles. The molecule has 0 bridgehead atoms. The van der Waals surface area contributed by atoms with Gasteiger partial charge in [0.2, 0.25) is 10.0 Å². The lowest BCUT2D eigenvalue weighted by Crippen LogP contribution is -2.40. The molecular weight excluding hydrogens is 363 g/mol. The summed E-state index contributed by atoms with van der Waals surface area (Å²) in [6, 6.07) is 3.22. The average molecular weight is 381 g/mol. The molecule has 1 aromatic carbocycles. The van der Waals surface area contributed by atoms with E-state index in [2.05, 4.69) is 4.72 Å². The summed E-state index contributed by atoms with van der Waals surface area (Å²) in [4.78, 5) is 11.2. The van der Waals surface area contributed by atoms with Gasteiger partial charge < -0.3 is 9.84 Å². The van der Waals surface area contributed by atoms with Gasteiger partial charge in [-0.2, -0.15) is 13.2 Å². The largest absolute Gasteiger partial charge is 0.481 e. The number of aliphatic carboxylic acids is 1. The fraction of sp³-hybridized carbons (Fsp3) is 0.533. The second kappa shape index (κ2) is 6.83. The van der Waals surface area contributed by atoms with Gasteiger partial charge in [-0.05, 0) is 24.1 Å². The van der Waals surface area contributed by atoms with Gasteiger partial charge in [0.1, 0.15) is 5.75 Å². The lowest BCUT2D eigenvalue weighted by Gasteiger charge is -2.31. The average Bonchev–Trinajstić information content (AvgIpc) is 2.50. The highest BCUT2D eigenvalue weighted by atomic mass is 32.2. The summed E-state index contributed by atoms with van der Waals surface area (Å²) >= 11 is 0. The molecule has 1 aromatic rings. The van der Waals surface area contributed by atoms with Crippen molar-refractivity contribution in [2.45, 2.75) is 43.4 Å². The van der Waals surface area contributed by atoms with E-state index in [4.69, 9.17) is 4.74 Å². The number of halogens is 3. The summed E-state index contributed by atoms with van der Waals surface area (Å²) in [7, 11) is -3.90. The van der Waals surface area contributed by atoms with E-state index in [0.29, 0.717) is 0 Å². The van der Waals surface area contributed by atoms with Crippen molar-refractivity contribution in [1.82, 2.24) is 4.72 Å². The molecule has 0 radical (unpaired) electrons. The molecule has 0 aromatic heterocycles. The molecule has 0 spiro atoms. The first-order valence-corrected chi connectivity index (χ1v) is 9.00. The number of carboxylic acid groups (broad SMARTS) is 1. The highest BCUT2D eigenvalue weighted by Crippen LogP contribution is 2.42. The van der Waals surface area contributed by atoms with E-state index in [1.165, 1.54) is 0 Å². The van der Waals surface area contributed by atoms with E-state index in [9.17, 15) is 31.5 Å². The third-order valence-corrected chi connectivity index (χ3v) is 5.15. The lowest BCUT2D eigenvalue weighted by atomic mass is 9.89. The maximum absolute atomic E-state index is 12.9. The van der Waals surface area contributed by atoms with Crippen LogP contribution < -0.4 is 9.46 Å². The van der Waals surface area contributed by atoms with Crippen molar-refractivity contribution in [3.8, 4) is 5.75 Å². The number of fused-ring (bicyclic) bond motifs is 1. The van der Waals surface area contributed by atoms with Gasteiger partial charge in [0.05, 0.1) is 10.8 Å². The summed E-state index contributed by atoms with van der Waals surface area (Å²) in [5.41, 5.74) is -0.0829. The normalized spacial score (nSPS) is 20.9. The second-order valence-electron chi connectivity index (χ2n) is 6.22. The number of ether oxygens (including phenoxy) is 1. The van der Waals surface area contributed by atoms with Crippen molar-refractivity contribution < 1.29 is 36.2 Å². The molecule has 1 aliphatic rings. The highest BCUT2D eigenvalue weighted by Gasteiger charge is 2.48. The first kappa shape index (κ1) is 19.5. The summed E-state index contributed by atoms with van der Waals surface area (Å²) in [6.07, 6.45) is -7.77. The second-order valence-corrected chi connectivity index (χ2v) is 7.99. The molecule has 0 fully saturated rings. The van der Waals surface area contributed by atoms with Gasteiger partial charge >= 0.3 is 12.1 Å². The quantitative estimate of drug-likeness (QED) is 0.818. The Morgan fingerprint density at radius 2 is 2.04 bits per heavy atom. The van der Waals surface area contributed by atoms with E-state index in [0.717, 1.165) is 18.2 Å². The standard InChI is InChI=1S/C15H18F3NO5S/c1-8(2)7-19-25(22,23)9-3-4-12-10(5-9)11(14(20)21)6-13(24-12)15(16,17)18/h3-5,8,11,13,19H,6-7H2,1-2H3,(H,20,21). The van der Waals surface area contributed by atoms with Gasteiger partial charge in [-0.15, -0.1) is 0 Å². The van der Waals surface area contributed by atoms with Crippen LogP contribution in [0, 0.1) is 5.92 Å². The van der Waals surface area contributed by atoms with Gasteiger partial charge in [0.25, 0.3) is 0 Å². The molecule has 2 N–H and O–H groups in total. The molecule has 0 saturated carbocycles.